The van der Waals surface area contributed by atoms with Gasteiger partial charge < -0.3 is 9.13 Å². The Morgan fingerprint density at radius 3 is 1.10 bits per heavy atom. The van der Waals surface area contributed by atoms with E-state index in [2.05, 4.69) is 188 Å². The number of nitriles is 1. The van der Waals surface area contributed by atoms with Gasteiger partial charge in [0.1, 0.15) is 5.82 Å². The van der Waals surface area contributed by atoms with Gasteiger partial charge in [0.05, 0.1) is 50.8 Å². The molecular weight excluding hydrogens is 707 g/mol. The van der Waals surface area contributed by atoms with Crippen LogP contribution < -0.4 is 0 Å². The molecule has 5 aromatic carbocycles. The van der Waals surface area contributed by atoms with Gasteiger partial charge in [-0.3, -0.25) is 0 Å². The highest BCUT2D eigenvalue weighted by molar-refractivity contribution is 6.12. The summed E-state index contributed by atoms with van der Waals surface area (Å²) in [6, 6.07) is 36.8. The van der Waals surface area contributed by atoms with Crippen LogP contribution in [-0.4, -0.2) is 19.1 Å². The van der Waals surface area contributed by atoms with Crippen molar-refractivity contribution in [3.63, 3.8) is 0 Å². The van der Waals surface area contributed by atoms with Crippen molar-refractivity contribution in [1.82, 2.24) is 19.1 Å². The fourth-order valence-corrected chi connectivity index (χ4v) is 8.52. The van der Waals surface area contributed by atoms with Crippen molar-refractivity contribution in [2.75, 3.05) is 0 Å². The number of hydrogen-bond acceptors (Lipinski definition) is 3. The molecule has 0 unspecified atom stereocenters. The number of benzene rings is 5. The minimum atomic E-state index is -0.0706. The maximum absolute atomic E-state index is 11.1. The second kappa shape index (κ2) is 13.1. The van der Waals surface area contributed by atoms with E-state index in [0.717, 1.165) is 50.4 Å². The predicted octanol–water partition coefficient (Wildman–Crippen LogP) is 14.0. The fraction of sp³-hybridized carbons (Fsp3) is 0.340. The lowest BCUT2D eigenvalue weighted by Gasteiger charge is -2.23. The smallest absolute Gasteiger partial charge is 0.126 e. The first-order valence-corrected chi connectivity index (χ1v) is 20.6. The Hall–Kier alpha value is -5.73. The highest BCUT2D eigenvalue weighted by Crippen LogP contribution is 2.44. The van der Waals surface area contributed by atoms with Gasteiger partial charge in [0, 0.05) is 32.8 Å². The van der Waals surface area contributed by atoms with Crippen molar-refractivity contribution in [2.45, 2.75) is 119 Å². The van der Waals surface area contributed by atoms with E-state index in [1.54, 1.807) is 0 Å². The van der Waals surface area contributed by atoms with E-state index in [1.807, 2.05) is 19.9 Å². The SMILES string of the molecule is Cc1cc(-c2cc(-n3c4cc(C(C)(C)C)ccc4c4ccc(C(C)(C)C)cc43)c(-n3c4cc(C(C)(C)C)ccc4c4ccc(C(C)(C)C)cc43)cc2C#N)nc(C)n1. The molecule has 5 heteroatoms. The molecule has 5 nitrogen and oxygen atoms in total. The van der Waals surface area contributed by atoms with Gasteiger partial charge >= 0.3 is 0 Å². The van der Waals surface area contributed by atoms with Gasteiger partial charge in [0.25, 0.3) is 0 Å². The molecule has 0 radical (unpaired) electrons. The van der Waals surface area contributed by atoms with Gasteiger partial charge in [-0.2, -0.15) is 5.26 Å². The number of rotatable bonds is 3. The molecule has 0 aliphatic carbocycles. The number of hydrogen-bond donors (Lipinski definition) is 0. The van der Waals surface area contributed by atoms with Gasteiger partial charge in [0.2, 0.25) is 0 Å². The number of aryl methyl sites for hydroxylation is 2. The number of aromatic nitrogens is 4. The molecule has 8 aromatic rings. The molecule has 294 valence electrons. The normalized spacial score (nSPS) is 13.0. The van der Waals surface area contributed by atoms with E-state index in [1.165, 1.54) is 43.8 Å². The third kappa shape index (κ3) is 6.57. The average Bonchev–Trinajstić information content (AvgIpc) is 3.63. The molecule has 0 aliphatic heterocycles. The molecule has 3 aromatic heterocycles. The van der Waals surface area contributed by atoms with E-state index in [-0.39, 0.29) is 21.7 Å². The van der Waals surface area contributed by atoms with Crippen molar-refractivity contribution >= 4 is 43.6 Å². The van der Waals surface area contributed by atoms with E-state index in [4.69, 9.17) is 4.98 Å². The summed E-state index contributed by atoms with van der Waals surface area (Å²) in [7, 11) is 0. The Bertz CT molecular complexity index is 2840. The molecule has 0 bridgehead atoms. The summed E-state index contributed by atoms with van der Waals surface area (Å²) in [5, 5.41) is 15.8. The molecule has 0 aliphatic rings. The molecule has 8 rings (SSSR count). The van der Waals surface area contributed by atoms with Crippen LogP contribution in [0.5, 0.6) is 0 Å². The summed E-state index contributed by atoms with van der Waals surface area (Å²) < 4.78 is 4.90. The lowest BCUT2D eigenvalue weighted by atomic mass is 9.86. The third-order valence-corrected chi connectivity index (χ3v) is 12.0. The third-order valence-electron chi connectivity index (χ3n) is 12.0. The topological polar surface area (TPSA) is 59.4 Å². The van der Waals surface area contributed by atoms with Crippen molar-refractivity contribution in [2.24, 2.45) is 0 Å². The lowest BCUT2D eigenvalue weighted by Crippen LogP contribution is -2.13. The molecule has 58 heavy (non-hydrogen) atoms. The lowest BCUT2D eigenvalue weighted by molar-refractivity contribution is 0.590. The van der Waals surface area contributed by atoms with Gasteiger partial charge in [-0.25, -0.2) is 9.97 Å². The van der Waals surface area contributed by atoms with Crippen LogP contribution in [0.3, 0.4) is 0 Å². The molecule has 0 saturated heterocycles. The maximum atomic E-state index is 11.1. The van der Waals surface area contributed by atoms with Crippen molar-refractivity contribution < 1.29 is 0 Å². The van der Waals surface area contributed by atoms with Crippen LogP contribution in [0.2, 0.25) is 0 Å². The van der Waals surface area contributed by atoms with Crippen molar-refractivity contribution in [3.05, 3.63) is 130 Å². The second-order valence-corrected chi connectivity index (χ2v) is 20.5. The molecule has 3 heterocycles. The molecule has 0 atom stereocenters. The van der Waals surface area contributed by atoms with Crippen molar-refractivity contribution in [1.29, 1.82) is 5.26 Å². The molecule has 0 amide bonds. The average molecular weight is 764 g/mol. The Kier molecular flexibility index (Phi) is 8.87. The van der Waals surface area contributed by atoms with E-state index in [0.29, 0.717) is 11.4 Å². The second-order valence-electron chi connectivity index (χ2n) is 20.5. The summed E-state index contributed by atoms with van der Waals surface area (Å²) in [5.74, 6) is 0.679. The Morgan fingerprint density at radius 2 is 0.793 bits per heavy atom. The summed E-state index contributed by atoms with van der Waals surface area (Å²) in [6.45, 7) is 31.2. The maximum Gasteiger partial charge on any atom is 0.126 e. The zero-order chi connectivity index (χ0) is 41.9. The summed E-state index contributed by atoms with van der Waals surface area (Å²) in [6.07, 6.45) is 0. The highest BCUT2D eigenvalue weighted by atomic mass is 15.1. The largest absolute Gasteiger partial charge is 0.307 e. The van der Waals surface area contributed by atoms with Crippen LogP contribution in [0.15, 0.2) is 91.0 Å². The van der Waals surface area contributed by atoms with Crippen LogP contribution in [0.1, 0.15) is 122 Å². The minimum Gasteiger partial charge on any atom is -0.307 e. The Labute approximate surface area is 344 Å². The molecule has 0 N–H and O–H groups in total. The van der Waals surface area contributed by atoms with Crippen LogP contribution in [-0.2, 0) is 21.7 Å². The number of nitrogens with zero attached hydrogens (tertiary/aromatic N) is 5. The van der Waals surface area contributed by atoms with Crippen LogP contribution in [0, 0.1) is 25.2 Å². The number of fused-ring (bicyclic) bond motifs is 6. The zero-order valence-electron chi connectivity index (χ0n) is 36.9. The first kappa shape index (κ1) is 39.1. The highest BCUT2D eigenvalue weighted by Gasteiger charge is 2.27. The van der Waals surface area contributed by atoms with E-state index < -0.39 is 0 Å². The molecule has 0 spiro atoms. The minimum absolute atomic E-state index is 0.0692. The van der Waals surface area contributed by atoms with Gasteiger partial charge in [-0.05, 0) is 100 Å². The summed E-state index contributed by atoms with van der Waals surface area (Å²) in [5.41, 5.74) is 14.2. The predicted molar refractivity (Wildman–Crippen MR) is 245 cm³/mol. The van der Waals surface area contributed by atoms with Gasteiger partial charge in [-0.15, -0.1) is 0 Å². The summed E-state index contributed by atoms with van der Waals surface area (Å²) in [4.78, 5) is 9.56. The van der Waals surface area contributed by atoms with Gasteiger partial charge in [-0.1, -0.05) is 132 Å². The Balaban J connectivity index is 1.64. The molecular formula is C53H57N5. The van der Waals surface area contributed by atoms with Crippen LogP contribution in [0.4, 0.5) is 0 Å². The van der Waals surface area contributed by atoms with Crippen LogP contribution in [0.25, 0.3) is 66.2 Å². The van der Waals surface area contributed by atoms with E-state index >= 15 is 0 Å². The van der Waals surface area contributed by atoms with Crippen molar-refractivity contribution in [3.8, 4) is 28.7 Å². The quantitative estimate of drug-likeness (QED) is 0.180. The molecule has 0 saturated carbocycles. The van der Waals surface area contributed by atoms with E-state index in [9.17, 15) is 5.26 Å². The first-order valence-electron chi connectivity index (χ1n) is 20.6. The summed E-state index contributed by atoms with van der Waals surface area (Å²) >= 11 is 0. The zero-order valence-corrected chi connectivity index (χ0v) is 36.9. The van der Waals surface area contributed by atoms with Gasteiger partial charge in [0.15, 0.2) is 0 Å². The first-order chi connectivity index (χ1) is 27.0. The fourth-order valence-electron chi connectivity index (χ4n) is 8.52. The standard InChI is InChI=1S/C53H57N5/c1-31-23-43(56-32(2)55-31)42-29-49(58-46-27-36(52(9,10)11)17-21-40(46)41-22-18-37(28-47(41)58)53(12,13)14)48(24-33(42)30-54)57-44-25-34(50(3,4)5)15-19-38(44)39-20-16-35(26-45(39)57)51(6,7)8/h15-29H,1-14H3. The van der Waals surface area contributed by atoms with Crippen LogP contribution >= 0.6 is 0 Å². The Morgan fingerprint density at radius 1 is 0.448 bits per heavy atom. The molecule has 0 fully saturated rings. The monoisotopic (exact) mass is 763 g/mol.